The van der Waals surface area contributed by atoms with Crippen LogP contribution in [0.3, 0.4) is 0 Å². The maximum absolute atomic E-state index is 11.2. The lowest BCUT2D eigenvalue weighted by molar-refractivity contribution is -0.144. The molecule has 0 aromatic carbocycles. The van der Waals surface area contributed by atoms with Gasteiger partial charge in [0.1, 0.15) is 5.54 Å². The van der Waals surface area contributed by atoms with E-state index in [1.165, 1.54) is 0 Å². The van der Waals surface area contributed by atoms with Crippen LogP contribution in [0.4, 0.5) is 0 Å². The summed E-state index contributed by atoms with van der Waals surface area (Å²) in [5.41, 5.74) is 0.192. The van der Waals surface area contributed by atoms with Crippen molar-refractivity contribution in [3.05, 3.63) is 30.1 Å². The summed E-state index contributed by atoms with van der Waals surface area (Å²) in [6, 6.07) is 3.75. The molecule has 2 N–H and O–H groups in total. The molecule has 6 heteroatoms. The average molecular weight is 279 g/mol. The SMILES string of the molecule is Cl.Cl.O=C(O)[C@]1(Cc2cccnc2)CCCN1. The molecule has 0 aliphatic carbocycles. The van der Waals surface area contributed by atoms with Gasteiger partial charge in [-0.05, 0) is 31.0 Å². The lowest BCUT2D eigenvalue weighted by Crippen LogP contribution is -2.49. The largest absolute Gasteiger partial charge is 0.480 e. The van der Waals surface area contributed by atoms with Gasteiger partial charge in [-0.25, -0.2) is 0 Å². The number of rotatable bonds is 3. The van der Waals surface area contributed by atoms with Gasteiger partial charge in [-0.15, -0.1) is 24.8 Å². The van der Waals surface area contributed by atoms with Crippen molar-refractivity contribution in [2.45, 2.75) is 24.8 Å². The molecule has 0 saturated carbocycles. The summed E-state index contributed by atoms with van der Waals surface area (Å²) in [6.45, 7) is 0.784. The molecule has 1 aliphatic heterocycles. The first kappa shape index (κ1) is 16.2. The lowest BCUT2D eigenvalue weighted by Gasteiger charge is -2.24. The van der Waals surface area contributed by atoms with Crippen LogP contribution in [0.1, 0.15) is 18.4 Å². The van der Waals surface area contributed by atoms with Crippen LogP contribution in [0.5, 0.6) is 0 Å². The summed E-state index contributed by atoms with van der Waals surface area (Å²) < 4.78 is 0. The van der Waals surface area contributed by atoms with Crippen molar-refractivity contribution >= 4 is 30.8 Å². The van der Waals surface area contributed by atoms with Crippen molar-refractivity contribution < 1.29 is 9.90 Å². The fraction of sp³-hybridized carbons (Fsp3) is 0.455. The second-order valence-electron chi connectivity index (χ2n) is 3.96. The van der Waals surface area contributed by atoms with Crippen LogP contribution >= 0.6 is 24.8 Å². The van der Waals surface area contributed by atoms with Crippen LogP contribution in [-0.4, -0.2) is 28.1 Å². The molecule has 0 amide bonds. The lowest BCUT2D eigenvalue weighted by atomic mass is 9.90. The number of hydrogen-bond donors (Lipinski definition) is 2. The predicted octanol–water partition coefficient (Wildman–Crippen LogP) is 1.67. The number of aliphatic carboxylic acids is 1. The number of aromatic nitrogens is 1. The van der Waals surface area contributed by atoms with E-state index in [4.69, 9.17) is 0 Å². The monoisotopic (exact) mass is 278 g/mol. The van der Waals surface area contributed by atoms with Gasteiger partial charge in [0.25, 0.3) is 0 Å². The van der Waals surface area contributed by atoms with Gasteiger partial charge in [0, 0.05) is 18.8 Å². The first-order chi connectivity index (χ1) is 7.23. The average Bonchev–Trinajstić information content (AvgIpc) is 2.69. The number of pyridine rings is 1. The number of halogens is 2. The van der Waals surface area contributed by atoms with Crippen molar-refractivity contribution in [2.24, 2.45) is 0 Å². The molecule has 17 heavy (non-hydrogen) atoms. The molecule has 0 radical (unpaired) electrons. The molecule has 1 aliphatic rings. The first-order valence-electron chi connectivity index (χ1n) is 5.10. The third-order valence-electron chi connectivity index (χ3n) is 2.88. The van der Waals surface area contributed by atoms with Crippen LogP contribution in [-0.2, 0) is 11.2 Å². The van der Waals surface area contributed by atoms with E-state index in [1.807, 2.05) is 12.1 Å². The maximum Gasteiger partial charge on any atom is 0.324 e. The Labute approximate surface area is 113 Å². The maximum atomic E-state index is 11.2. The minimum Gasteiger partial charge on any atom is -0.480 e. The molecule has 0 bridgehead atoms. The normalized spacial score (nSPS) is 22.4. The van der Waals surface area contributed by atoms with E-state index in [1.54, 1.807) is 12.4 Å². The Kier molecular flexibility index (Phi) is 6.45. The Bertz CT molecular complexity index is 354. The highest BCUT2D eigenvalue weighted by Gasteiger charge is 2.40. The second-order valence-corrected chi connectivity index (χ2v) is 3.96. The Morgan fingerprint density at radius 2 is 2.29 bits per heavy atom. The van der Waals surface area contributed by atoms with Crippen LogP contribution < -0.4 is 5.32 Å². The number of carboxylic acids is 1. The van der Waals surface area contributed by atoms with E-state index in [9.17, 15) is 9.90 Å². The molecule has 1 fully saturated rings. The van der Waals surface area contributed by atoms with Crippen LogP contribution in [0.25, 0.3) is 0 Å². The number of nitrogens with zero attached hydrogens (tertiary/aromatic N) is 1. The van der Waals surface area contributed by atoms with E-state index >= 15 is 0 Å². The van der Waals surface area contributed by atoms with Crippen molar-refractivity contribution in [2.75, 3.05) is 6.54 Å². The molecule has 1 aromatic heterocycles. The van der Waals surface area contributed by atoms with Crippen molar-refractivity contribution in [1.29, 1.82) is 0 Å². The Balaban J connectivity index is 0.00000128. The van der Waals surface area contributed by atoms with E-state index < -0.39 is 11.5 Å². The highest BCUT2D eigenvalue weighted by Crippen LogP contribution is 2.24. The number of nitrogens with one attached hydrogen (secondary N) is 1. The minimum absolute atomic E-state index is 0. The summed E-state index contributed by atoms with van der Waals surface area (Å²) in [6.07, 6.45) is 5.55. The molecule has 2 rings (SSSR count). The smallest absolute Gasteiger partial charge is 0.324 e. The number of carboxylic acid groups (broad SMARTS) is 1. The molecular formula is C11H16Cl2N2O2. The molecule has 0 unspecified atom stereocenters. The summed E-state index contributed by atoms with van der Waals surface area (Å²) in [7, 11) is 0. The van der Waals surface area contributed by atoms with E-state index in [0.29, 0.717) is 12.8 Å². The second kappa shape index (κ2) is 6.79. The summed E-state index contributed by atoms with van der Waals surface area (Å²) >= 11 is 0. The zero-order valence-corrected chi connectivity index (χ0v) is 10.9. The molecule has 4 nitrogen and oxygen atoms in total. The van der Waals surface area contributed by atoms with Crippen molar-refractivity contribution in [3.8, 4) is 0 Å². The van der Waals surface area contributed by atoms with Gasteiger partial charge in [0.05, 0.1) is 0 Å². The van der Waals surface area contributed by atoms with Gasteiger partial charge < -0.3 is 10.4 Å². The quantitative estimate of drug-likeness (QED) is 0.883. The fourth-order valence-corrected chi connectivity index (χ4v) is 2.07. The summed E-state index contributed by atoms with van der Waals surface area (Å²) in [4.78, 5) is 15.2. The zero-order chi connectivity index (χ0) is 10.7. The van der Waals surface area contributed by atoms with Crippen LogP contribution in [0, 0.1) is 0 Å². The third-order valence-corrected chi connectivity index (χ3v) is 2.88. The zero-order valence-electron chi connectivity index (χ0n) is 9.26. The fourth-order valence-electron chi connectivity index (χ4n) is 2.07. The Morgan fingerprint density at radius 1 is 1.53 bits per heavy atom. The summed E-state index contributed by atoms with van der Waals surface area (Å²) in [5.74, 6) is -0.760. The van der Waals surface area contributed by atoms with Crippen LogP contribution in [0.15, 0.2) is 24.5 Å². The van der Waals surface area contributed by atoms with Gasteiger partial charge in [-0.1, -0.05) is 6.07 Å². The van der Waals surface area contributed by atoms with Crippen molar-refractivity contribution in [3.63, 3.8) is 0 Å². The van der Waals surface area contributed by atoms with Gasteiger partial charge in [0.15, 0.2) is 0 Å². The molecular weight excluding hydrogens is 263 g/mol. The Hall–Kier alpha value is -0.840. The van der Waals surface area contributed by atoms with Gasteiger partial charge >= 0.3 is 5.97 Å². The van der Waals surface area contributed by atoms with E-state index in [2.05, 4.69) is 10.3 Å². The molecule has 96 valence electrons. The molecule has 2 heterocycles. The van der Waals surface area contributed by atoms with Gasteiger partial charge in [-0.3, -0.25) is 9.78 Å². The highest BCUT2D eigenvalue weighted by atomic mass is 35.5. The van der Waals surface area contributed by atoms with Gasteiger partial charge in [-0.2, -0.15) is 0 Å². The first-order valence-corrected chi connectivity index (χ1v) is 5.10. The molecule has 1 aromatic rings. The topological polar surface area (TPSA) is 62.2 Å². The van der Waals surface area contributed by atoms with Crippen LogP contribution in [0.2, 0.25) is 0 Å². The van der Waals surface area contributed by atoms with Gasteiger partial charge in [0.2, 0.25) is 0 Å². The predicted molar refractivity (Wildman–Crippen MR) is 70.0 cm³/mol. The number of hydrogen-bond acceptors (Lipinski definition) is 3. The molecule has 0 spiro atoms. The standard InChI is InChI=1S/C11H14N2O2.2ClH/c14-10(15)11(4-2-6-13-11)7-9-3-1-5-12-8-9;;/h1,3,5,8,13H,2,4,6-7H2,(H,14,15);2*1H/t11-;;/m1../s1. The number of carbonyl (C=O) groups is 1. The highest BCUT2D eigenvalue weighted by molar-refractivity contribution is 5.85. The van der Waals surface area contributed by atoms with E-state index in [-0.39, 0.29) is 24.8 Å². The third kappa shape index (κ3) is 3.56. The summed E-state index contributed by atoms with van der Waals surface area (Å²) in [5, 5.41) is 12.3. The van der Waals surface area contributed by atoms with Crippen molar-refractivity contribution in [1.82, 2.24) is 10.3 Å². The molecule has 1 saturated heterocycles. The Morgan fingerprint density at radius 3 is 2.76 bits per heavy atom. The van der Waals surface area contributed by atoms with E-state index in [0.717, 1.165) is 18.5 Å². The molecule has 1 atom stereocenters. The minimum atomic E-state index is -0.775.